The van der Waals surface area contributed by atoms with Crippen molar-refractivity contribution in [3.05, 3.63) is 29.8 Å². The molecule has 1 aliphatic carbocycles. The molecule has 1 heterocycles. The summed E-state index contributed by atoms with van der Waals surface area (Å²) in [6, 6.07) is 5.54. The fraction of sp³-hybridized carbons (Fsp3) is 0.438. The average molecular weight is 397 g/mol. The number of amides is 1. The number of hydrogen-bond acceptors (Lipinski definition) is 7. The Balaban J connectivity index is 1.60. The maximum absolute atomic E-state index is 12.3. The van der Waals surface area contributed by atoms with E-state index >= 15 is 0 Å². The van der Waals surface area contributed by atoms with E-state index in [0.717, 1.165) is 12.8 Å². The standard InChI is InChI=1S/C16H19N3O5S2/c1-24-14(20)8-12-9-25-16(17-12)18-15(21)10-2-6-13(7-3-10)26(22,23)19-11-4-5-11/h2-3,6-7,11-12,19H,4-5,8-9H2,1H3,(H,17,18,21)/t12-/m0/s1. The number of carbonyl (C=O) groups is 2. The Bertz CT molecular complexity index is 832. The first-order valence-corrected chi connectivity index (χ1v) is 10.6. The van der Waals surface area contributed by atoms with E-state index in [1.165, 1.54) is 43.1 Å². The summed E-state index contributed by atoms with van der Waals surface area (Å²) in [5.41, 5.74) is 0.329. The maximum Gasteiger partial charge on any atom is 0.307 e. The molecule has 1 aromatic carbocycles. The second-order valence-corrected chi connectivity index (χ2v) is 8.78. The van der Waals surface area contributed by atoms with Crippen molar-refractivity contribution in [3.63, 3.8) is 0 Å². The highest BCUT2D eigenvalue weighted by atomic mass is 32.2. The first-order chi connectivity index (χ1) is 12.4. The smallest absolute Gasteiger partial charge is 0.307 e. The number of ether oxygens (including phenoxy) is 1. The zero-order chi connectivity index (χ0) is 18.7. The number of sulfonamides is 1. The third-order valence-electron chi connectivity index (χ3n) is 3.89. The molecular formula is C16H19N3O5S2. The van der Waals surface area contributed by atoms with Gasteiger partial charge in [0.05, 0.1) is 24.5 Å². The van der Waals surface area contributed by atoms with E-state index in [1.54, 1.807) is 0 Å². The molecule has 2 aliphatic rings. The van der Waals surface area contributed by atoms with Gasteiger partial charge in [0.1, 0.15) is 0 Å². The quantitative estimate of drug-likeness (QED) is 0.689. The van der Waals surface area contributed by atoms with Gasteiger partial charge in [-0.2, -0.15) is 0 Å². The number of nitrogens with zero attached hydrogens (tertiary/aromatic N) is 1. The number of hydrogen-bond donors (Lipinski definition) is 2. The first kappa shape index (κ1) is 18.9. The predicted octanol–water partition coefficient (Wildman–Crippen LogP) is 0.892. The summed E-state index contributed by atoms with van der Waals surface area (Å²) >= 11 is 1.35. The van der Waals surface area contributed by atoms with Crippen molar-refractivity contribution in [1.29, 1.82) is 0 Å². The summed E-state index contributed by atoms with van der Waals surface area (Å²) < 4.78 is 31.4. The van der Waals surface area contributed by atoms with Gasteiger partial charge >= 0.3 is 5.97 Å². The lowest BCUT2D eigenvalue weighted by molar-refractivity contribution is -0.140. The summed E-state index contributed by atoms with van der Waals surface area (Å²) in [7, 11) is -2.22. The van der Waals surface area contributed by atoms with Crippen LogP contribution in [0.4, 0.5) is 0 Å². The van der Waals surface area contributed by atoms with E-state index in [1.807, 2.05) is 0 Å². The van der Waals surface area contributed by atoms with Crippen molar-refractivity contribution in [3.8, 4) is 0 Å². The molecule has 0 bridgehead atoms. The Morgan fingerprint density at radius 2 is 1.96 bits per heavy atom. The minimum atomic E-state index is -3.54. The van der Waals surface area contributed by atoms with Crippen molar-refractivity contribution in [2.45, 2.75) is 36.2 Å². The van der Waals surface area contributed by atoms with Gasteiger partial charge in [0, 0.05) is 17.4 Å². The number of thioether (sulfide) groups is 1. The minimum Gasteiger partial charge on any atom is -0.469 e. The molecule has 0 radical (unpaired) electrons. The SMILES string of the molecule is COC(=O)C[C@H]1CSC(NC(=O)c2ccc(S(=O)(=O)NC3CC3)cc2)=N1. The molecule has 1 aromatic rings. The van der Waals surface area contributed by atoms with Crippen LogP contribution < -0.4 is 10.0 Å². The monoisotopic (exact) mass is 397 g/mol. The van der Waals surface area contributed by atoms with Gasteiger partial charge in [-0.3, -0.25) is 14.6 Å². The highest BCUT2D eigenvalue weighted by Gasteiger charge is 2.28. The van der Waals surface area contributed by atoms with Gasteiger partial charge in [-0.25, -0.2) is 13.1 Å². The van der Waals surface area contributed by atoms with E-state index in [0.29, 0.717) is 16.5 Å². The van der Waals surface area contributed by atoms with E-state index in [2.05, 4.69) is 19.8 Å². The lowest BCUT2D eigenvalue weighted by atomic mass is 10.2. The van der Waals surface area contributed by atoms with Crippen molar-refractivity contribution in [2.75, 3.05) is 12.9 Å². The molecule has 26 heavy (non-hydrogen) atoms. The highest BCUT2D eigenvalue weighted by Crippen LogP contribution is 2.22. The lowest BCUT2D eigenvalue weighted by Gasteiger charge is -2.07. The molecule has 10 heteroatoms. The number of esters is 1. The van der Waals surface area contributed by atoms with Crippen LogP contribution in [0.3, 0.4) is 0 Å². The molecule has 1 saturated carbocycles. The molecule has 0 aromatic heterocycles. The van der Waals surface area contributed by atoms with Crippen LogP contribution in [0.2, 0.25) is 0 Å². The summed E-state index contributed by atoms with van der Waals surface area (Å²) in [6.07, 6.45) is 1.89. The molecule has 1 fully saturated rings. The van der Waals surface area contributed by atoms with Crippen LogP contribution in [0.1, 0.15) is 29.6 Å². The number of aliphatic imine (C=N–C) groups is 1. The van der Waals surface area contributed by atoms with Crippen molar-refractivity contribution < 1.29 is 22.7 Å². The number of rotatable bonds is 6. The number of methoxy groups -OCH3 is 1. The Labute approximate surface area is 155 Å². The molecule has 0 unspecified atom stereocenters. The maximum atomic E-state index is 12.3. The molecule has 1 aliphatic heterocycles. The summed E-state index contributed by atoms with van der Waals surface area (Å²) in [5, 5.41) is 3.11. The second kappa shape index (κ2) is 7.77. The molecule has 3 rings (SSSR count). The normalized spacial score (nSPS) is 19.7. The molecule has 0 spiro atoms. The molecule has 2 N–H and O–H groups in total. The second-order valence-electron chi connectivity index (χ2n) is 6.05. The Morgan fingerprint density at radius 3 is 2.58 bits per heavy atom. The fourth-order valence-electron chi connectivity index (χ4n) is 2.31. The first-order valence-electron chi connectivity index (χ1n) is 8.08. The number of amidine groups is 1. The average Bonchev–Trinajstić information content (AvgIpc) is 3.31. The summed E-state index contributed by atoms with van der Waals surface area (Å²) in [6.45, 7) is 0. The van der Waals surface area contributed by atoms with Crippen LogP contribution in [0.25, 0.3) is 0 Å². The van der Waals surface area contributed by atoms with Gasteiger partial charge in [-0.1, -0.05) is 11.8 Å². The lowest BCUT2D eigenvalue weighted by Crippen LogP contribution is -2.28. The van der Waals surface area contributed by atoms with Crippen molar-refractivity contribution >= 4 is 38.8 Å². The van der Waals surface area contributed by atoms with Gasteiger partial charge < -0.3 is 10.1 Å². The van der Waals surface area contributed by atoms with Crippen molar-refractivity contribution in [2.24, 2.45) is 4.99 Å². The van der Waals surface area contributed by atoms with Crippen LogP contribution >= 0.6 is 11.8 Å². The highest BCUT2D eigenvalue weighted by molar-refractivity contribution is 8.14. The van der Waals surface area contributed by atoms with E-state index in [4.69, 9.17) is 0 Å². The molecular weight excluding hydrogens is 378 g/mol. The fourth-order valence-corrected chi connectivity index (χ4v) is 4.54. The zero-order valence-corrected chi connectivity index (χ0v) is 15.7. The Hall–Kier alpha value is -1.91. The number of nitrogens with one attached hydrogen (secondary N) is 2. The molecule has 140 valence electrons. The third kappa shape index (κ3) is 4.83. The summed E-state index contributed by atoms with van der Waals surface area (Å²) in [4.78, 5) is 27.9. The Kier molecular flexibility index (Phi) is 5.64. The van der Waals surface area contributed by atoms with E-state index in [9.17, 15) is 18.0 Å². The van der Waals surface area contributed by atoms with Gasteiger partial charge in [-0.05, 0) is 37.1 Å². The molecule has 8 nitrogen and oxygen atoms in total. The van der Waals surface area contributed by atoms with Crippen molar-refractivity contribution in [1.82, 2.24) is 10.0 Å². The van der Waals surface area contributed by atoms with Gasteiger partial charge in [0.15, 0.2) is 5.17 Å². The topological polar surface area (TPSA) is 114 Å². The van der Waals surface area contributed by atoms with Crippen LogP contribution in [-0.2, 0) is 19.6 Å². The van der Waals surface area contributed by atoms with Crippen LogP contribution in [0.5, 0.6) is 0 Å². The third-order valence-corrected chi connectivity index (χ3v) is 6.46. The molecule has 0 saturated heterocycles. The van der Waals surface area contributed by atoms with Gasteiger partial charge in [-0.15, -0.1) is 0 Å². The molecule has 1 amide bonds. The number of carbonyl (C=O) groups excluding carboxylic acids is 2. The van der Waals surface area contributed by atoms with Gasteiger partial charge in [0.25, 0.3) is 5.91 Å². The molecule has 1 atom stereocenters. The predicted molar refractivity (Wildman–Crippen MR) is 97.6 cm³/mol. The van der Waals surface area contributed by atoms with Crippen LogP contribution in [0, 0.1) is 0 Å². The summed E-state index contributed by atoms with van der Waals surface area (Å²) in [5.74, 6) is -0.132. The zero-order valence-electron chi connectivity index (χ0n) is 14.1. The Morgan fingerprint density at radius 1 is 1.27 bits per heavy atom. The largest absolute Gasteiger partial charge is 0.469 e. The minimum absolute atomic E-state index is 0.0262. The van der Waals surface area contributed by atoms with Gasteiger partial charge in [0.2, 0.25) is 10.0 Å². The van der Waals surface area contributed by atoms with Crippen LogP contribution in [0.15, 0.2) is 34.2 Å². The van der Waals surface area contributed by atoms with Crippen LogP contribution in [-0.4, -0.2) is 50.4 Å². The number of benzene rings is 1. The van der Waals surface area contributed by atoms with E-state index < -0.39 is 10.0 Å². The van der Waals surface area contributed by atoms with E-state index in [-0.39, 0.29) is 35.3 Å².